The van der Waals surface area contributed by atoms with Crippen molar-refractivity contribution in [1.29, 1.82) is 0 Å². The van der Waals surface area contributed by atoms with Crippen LogP contribution in [-0.2, 0) is 5.41 Å². The number of hydrogen-bond donors (Lipinski definition) is 0. The minimum absolute atomic E-state index is 0.316. The lowest BCUT2D eigenvalue weighted by Gasteiger charge is -2.21. The summed E-state index contributed by atoms with van der Waals surface area (Å²) in [5.41, 5.74) is 13.2. The van der Waals surface area contributed by atoms with Crippen molar-refractivity contribution in [1.82, 2.24) is 14.5 Å². The molecule has 0 atom stereocenters. The van der Waals surface area contributed by atoms with Gasteiger partial charge in [0.05, 0.1) is 22.4 Å². The molecule has 10 rings (SSSR count). The molecule has 0 bridgehead atoms. The van der Waals surface area contributed by atoms with Gasteiger partial charge in [-0.1, -0.05) is 141 Å². The van der Waals surface area contributed by atoms with Gasteiger partial charge in [-0.15, -0.1) is 0 Å². The molecular formula is C47H33N3. The second kappa shape index (κ2) is 10.8. The molecule has 50 heavy (non-hydrogen) atoms. The lowest BCUT2D eigenvalue weighted by atomic mass is 9.85. The zero-order valence-corrected chi connectivity index (χ0v) is 27.9. The molecule has 0 saturated carbocycles. The van der Waals surface area contributed by atoms with Gasteiger partial charge in [0.15, 0.2) is 0 Å². The van der Waals surface area contributed by atoms with E-state index >= 15 is 0 Å². The van der Waals surface area contributed by atoms with Crippen molar-refractivity contribution in [2.45, 2.75) is 19.3 Å². The van der Waals surface area contributed by atoms with Gasteiger partial charge in [-0.2, -0.15) is 0 Å². The van der Waals surface area contributed by atoms with Crippen molar-refractivity contribution < 1.29 is 0 Å². The van der Waals surface area contributed by atoms with Crippen LogP contribution in [0.1, 0.15) is 25.1 Å². The van der Waals surface area contributed by atoms with Crippen LogP contribution in [0.15, 0.2) is 164 Å². The van der Waals surface area contributed by atoms with Crippen molar-refractivity contribution in [2.75, 3.05) is 0 Å². The first-order valence-corrected chi connectivity index (χ1v) is 17.3. The van der Waals surface area contributed by atoms with Crippen molar-refractivity contribution in [2.24, 2.45) is 0 Å². The lowest BCUT2D eigenvalue weighted by molar-refractivity contribution is 0.632. The Morgan fingerprint density at radius 1 is 0.460 bits per heavy atom. The molecule has 3 nitrogen and oxygen atoms in total. The monoisotopic (exact) mass is 639 g/mol. The third-order valence-electron chi connectivity index (χ3n) is 10.5. The van der Waals surface area contributed by atoms with Crippen LogP contribution in [0.3, 0.4) is 0 Å². The fourth-order valence-electron chi connectivity index (χ4n) is 8.07. The minimum atomic E-state index is -0.316. The average Bonchev–Trinajstić information content (AvgIpc) is 3.61. The summed E-state index contributed by atoms with van der Waals surface area (Å²) in [7, 11) is 0. The topological polar surface area (TPSA) is 30.7 Å². The fraction of sp³-hybridized carbons (Fsp3) is 0.0638. The number of hydrogen-bond acceptors (Lipinski definition) is 2. The molecular weight excluding hydrogens is 607 g/mol. The summed E-state index contributed by atoms with van der Waals surface area (Å²) in [5, 5.41) is 4.81. The van der Waals surface area contributed by atoms with Crippen LogP contribution in [0.5, 0.6) is 0 Å². The Morgan fingerprint density at radius 3 is 1.76 bits per heavy atom. The van der Waals surface area contributed by atoms with E-state index in [0.717, 1.165) is 44.7 Å². The van der Waals surface area contributed by atoms with Gasteiger partial charge in [0.1, 0.15) is 0 Å². The van der Waals surface area contributed by atoms with E-state index in [1.165, 1.54) is 43.8 Å². The number of aromatic nitrogens is 3. The Hall–Kier alpha value is -6.32. The SMILES string of the molecule is CC1(C)c2ccccc2-c2c(-c3cc(-c4ccccc4)cc(-c4ccccc4)c3)nc(-n3c4ccccc4c4cc5ccccc5cc43)nc21. The summed E-state index contributed by atoms with van der Waals surface area (Å²) < 4.78 is 2.28. The normalized spacial score (nSPS) is 13.2. The average molecular weight is 640 g/mol. The van der Waals surface area contributed by atoms with E-state index in [1.54, 1.807) is 0 Å². The Morgan fingerprint density at radius 2 is 1.04 bits per heavy atom. The largest absolute Gasteiger partial charge is 0.278 e. The second-order valence-electron chi connectivity index (χ2n) is 13.9. The Labute approximate surface area is 291 Å². The first-order chi connectivity index (χ1) is 24.5. The van der Waals surface area contributed by atoms with Crippen LogP contribution < -0.4 is 0 Å². The molecule has 9 aromatic rings. The first kappa shape index (κ1) is 28.7. The number of fused-ring (bicyclic) bond motifs is 7. The van der Waals surface area contributed by atoms with Crippen molar-refractivity contribution >= 4 is 32.6 Å². The maximum atomic E-state index is 5.62. The fourth-order valence-corrected chi connectivity index (χ4v) is 8.07. The summed E-state index contributed by atoms with van der Waals surface area (Å²) in [6.45, 7) is 4.60. The van der Waals surface area contributed by atoms with Crippen molar-refractivity contribution in [3.05, 3.63) is 175 Å². The Bertz CT molecular complexity index is 2720. The number of nitrogens with zero attached hydrogens (tertiary/aromatic N) is 3. The van der Waals surface area contributed by atoms with Gasteiger partial charge in [-0.3, -0.25) is 4.57 Å². The standard InChI is InChI=1S/C47H33N3/c1-47(2)40-23-13-11-22-38(40)43-44(36-26-34(30-15-5-3-6-16-30)25-35(27-36)31-17-7-4-8-18-31)48-46(49-45(43)47)50-41-24-14-12-21-37(41)39-28-32-19-9-10-20-33(32)29-42(39)50/h3-29H,1-2H3. The van der Waals surface area contributed by atoms with E-state index in [9.17, 15) is 0 Å². The number of rotatable bonds is 4. The molecule has 1 aliphatic rings. The zero-order chi connectivity index (χ0) is 33.4. The first-order valence-electron chi connectivity index (χ1n) is 17.3. The molecule has 0 fully saturated rings. The van der Waals surface area contributed by atoms with Crippen molar-refractivity contribution in [3.63, 3.8) is 0 Å². The molecule has 2 aromatic heterocycles. The van der Waals surface area contributed by atoms with Crippen LogP contribution in [0.2, 0.25) is 0 Å². The van der Waals surface area contributed by atoms with E-state index in [-0.39, 0.29) is 5.41 Å². The third-order valence-corrected chi connectivity index (χ3v) is 10.5. The van der Waals surface area contributed by atoms with Gasteiger partial charge in [0.25, 0.3) is 0 Å². The molecule has 1 aliphatic carbocycles. The zero-order valence-electron chi connectivity index (χ0n) is 27.9. The van der Waals surface area contributed by atoms with E-state index < -0.39 is 0 Å². The maximum absolute atomic E-state index is 5.62. The smallest absolute Gasteiger partial charge is 0.235 e. The highest BCUT2D eigenvalue weighted by molar-refractivity contribution is 6.13. The van der Waals surface area contributed by atoms with Crippen LogP contribution in [0.25, 0.3) is 83.2 Å². The quantitative estimate of drug-likeness (QED) is 0.192. The summed E-state index contributed by atoms with van der Waals surface area (Å²) in [6, 6.07) is 58.8. The van der Waals surface area contributed by atoms with Crippen molar-refractivity contribution in [3.8, 4) is 50.6 Å². The molecule has 2 heterocycles. The van der Waals surface area contributed by atoms with Crippen LogP contribution in [0.4, 0.5) is 0 Å². The molecule has 0 saturated heterocycles. The summed E-state index contributed by atoms with van der Waals surface area (Å²) in [5.74, 6) is 0.687. The predicted molar refractivity (Wildman–Crippen MR) is 208 cm³/mol. The highest BCUT2D eigenvalue weighted by Gasteiger charge is 2.40. The molecule has 3 heteroatoms. The molecule has 0 N–H and O–H groups in total. The summed E-state index contributed by atoms with van der Waals surface area (Å²) >= 11 is 0. The molecule has 236 valence electrons. The highest BCUT2D eigenvalue weighted by Crippen LogP contribution is 2.51. The van der Waals surface area contributed by atoms with E-state index in [0.29, 0.717) is 5.95 Å². The van der Waals surface area contributed by atoms with E-state index in [2.05, 4.69) is 182 Å². The molecule has 0 spiro atoms. The third kappa shape index (κ3) is 4.30. The van der Waals surface area contributed by atoms with Crippen LogP contribution in [-0.4, -0.2) is 14.5 Å². The number of para-hydroxylation sites is 1. The van der Waals surface area contributed by atoms with Gasteiger partial charge >= 0.3 is 0 Å². The van der Waals surface area contributed by atoms with Gasteiger partial charge in [-0.25, -0.2) is 9.97 Å². The van der Waals surface area contributed by atoms with Crippen LogP contribution >= 0.6 is 0 Å². The Balaban J connectivity index is 1.33. The molecule has 7 aromatic carbocycles. The van der Waals surface area contributed by atoms with E-state index in [1.807, 2.05) is 0 Å². The maximum Gasteiger partial charge on any atom is 0.235 e. The van der Waals surface area contributed by atoms with Crippen LogP contribution in [0, 0.1) is 0 Å². The summed E-state index contributed by atoms with van der Waals surface area (Å²) in [4.78, 5) is 11.2. The van der Waals surface area contributed by atoms with Gasteiger partial charge in [-0.05, 0) is 80.6 Å². The molecule has 0 amide bonds. The molecule has 0 unspecified atom stereocenters. The van der Waals surface area contributed by atoms with Gasteiger partial charge in [0.2, 0.25) is 5.95 Å². The predicted octanol–water partition coefficient (Wildman–Crippen LogP) is 12.0. The summed E-state index contributed by atoms with van der Waals surface area (Å²) in [6.07, 6.45) is 0. The minimum Gasteiger partial charge on any atom is -0.278 e. The lowest BCUT2D eigenvalue weighted by Crippen LogP contribution is -2.18. The number of benzene rings is 7. The molecule has 0 aliphatic heterocycles. The van der Waals surface area contributed by atoms with Gasteiger partial charge in [0, 0.05) is 27.3 Å². The van der Waals surface area contributed by atoms with E-state index in [4.69, 9.17) is 9.97 Å². The highest BCUT2D eigenvalue weighted by atomic mass is 15.2. The van der Waals surface area contributed by atoms with Gasteiger partial charge < -0.3 is 0 Å². The Kier molecular flexibility index (Phi) is 6.22. The molecule has 0 radical (unpaired) electrons. The second-order valence-corrected chi connectivity index (χ2v) is 13.9.